The number of rotatable bonds is 8. The Labute approximate surface area is 215 Å². The number of hydrogen-bond donors (Lipinski definition) is 1. The van der Waals surface area contributed by atoms with Crippen molar-refractivity contribution in [3.8, 4) is 0 Å². The number of thioether (sulfide) groups is 1. The second-order valence-electron chi connectivity index (χ2n) is 7.10. The smallest absolute Gasteiger partial charge is 0.543 e. The van der Waals surface area contributed by atoms with Gasteiger partial charge in [0, 0.05) is 19.9 Å². The third-order valence-electron chi connectivity index (χ3n) is 5.11. The molecule has 1 N–H and O–H groups in total. The molecular weight excluding hydrogens is 463 g/mol. The zero-order valence-corrected chi connectivity index (χ0v) is 21.0. The summed E-state index contributed by atoms with van der Waals surface area (Å²) in [5, 5.41) is 26.0. The third-order valence-corrected chi connectivity index (χ3v) is 6.21. The molecule has 14 heteroatoms. The van der Waals surface area contributed by atoms with Crippen LogP contribution in [0.5, 0.6) is 0 Å². The van der Waals surface area contributed by atoms with E-state index in [0.29, 0.717) is 10.7 Å². The second kappa shape index (κ2) is 10.3. The van der Waals surface area contributed by atoms with Crippen molar-refractivity contribution in [1.82, 2.24) is 30.4 Å². The number of β-lactam (4-membered cyclic amide) rings is 1. The zero-order valence-electron chi connectivity index (χ0n) is 18.2. The molecule has 0 saturated carbocycles. The third kappa shape index (κ3) is 4.69. The molecule has 1 aromatic heterocycles. The standard InChI is InChI=1S/C19H20N6O6S.Na/c1-24-18(21-22-23-24)32-10-12-9-31-17-19(30-2,16(29)25(17)14(12)15(27)28)20-13(26)8-11-6-4-3-5-7-11;/h3-7,17H,8-10H2,1-2H3,(H,20,26)(H,27,28);/q;+1/p-1/t17-,19+;/m1./s1. The quantitative estimate of drug-likeness (QED) is 0.168. The predicted octanol–water partition coefficient (Wildman–Crippen LogP) is -4.79. The second-order valence-corrected chi connectivity index (χ2v) is 8.04. The topological polar surface area (TPSA) is 152 Å². The number of carbonyl (C=O) groups excluding carboxylic acids is 3. The number of fused-ring (bicyclic) bond motifs is 1. The van der Waals surface area contributed by atoms with Gasteiger partial charge in [0.1, 0.15) is 0 Å². The van der Waals surface area contributed by atoms with Crippen molar-refractivity contribution in [2.75, 3.05) is 19.5 Å². The summed E-state index contributed by atoms with van der Waals surface area (Å²) in [4.78, 5) is 38.4. The van der Waals surface area contributed by atoms with E-state index in [-0.39, 0.29) is 54.0 Å². The molecular formula is C19H19N6NaO6S. The van der Waals surface area contributed by atoms with Gasteiger partial charge >= 0.3 is 29.6 Å². The van der Waals surface area contributed by atoms with Gasteiger partial charge in [0.05, 0.1) is 24.7 Å². The van der Waals surface area contributed by atoms with Gasteiger partial charge in [-0.2, -0.15) is 0 Å². The monoisotopic (exact) mass is 482 g/mol. The first-order chi connectivity index (χ1) is 15.4. The van der Waals surface area contributed by atoms with E-state index in [1.54, 1.807) is 31.3 Å². The SMILES string of the molecule is CO[C@@]1(NC(=O)Cc2ccccc2)C(=O)N2C(C(=O)[O-])=C(CSc3nnnn3C)CO[C@@H]21.[Na+]. The van der Waals surface area contributed by atoms with Crippen molar-refractivity contribution < 1.29 is 58.5 Å². The number of amides is 2. The van der Waals surface area contributed by atoms with E-state index in [0.717, 1.165) is 10.5 Å². The van der Waals surface area contributed by atoms with Gasteiger partial charge in [-0.1, -0.05) is 42.1 Å². The normalized spacial score (nSPS) is 21.7. The summed E-state index contributed by atoms with van der Waals surface area (Å²) in [6, 6.07) is 8.97. The molecule has 168 valence electrons. The van der Waals surface area contributed by atoms with Crippen LogP contribution in [0.3, 0.4) is 0 Å². The molecule has 1 saturated heterocycles. The summed E-state index contributed by atoms with van der Waals surface area (Å²) in [6.45, 7) is -0.101. The first-order valence-corrected chi connectivity index (χ1v) is 10.5. The molecule has 3 heterocycles. The molecule has 2 aromatic rings. The van der Waals surface area contributed by atoms with E-state index in [1.165, 1.54) is 23.6 Å². The van der Waals surface area contributed by atoms with Gasteiger partial charge < -0.3 is 24.7 Å². The maximum atomic E-state index is 13.0. The van der Waals surface area contributed by atoms with Crippen molar-refractivity contribution >= 4 is 29.5 Å². The molecule has 2 aliphatic heterocycles. The summed E-state index contributed by atoms with van der Waals surface area (Å²) >= 11 is 1.19. The van der Waals surface area contributed by atoms with Crippen LogP contribution in [0.4, 0.5) is 0 Å². The Hall–Kier alpha value is -2.29. The molecule has 1 fully saturated rings. The number of aryl methyl sites for hydroxylation is 1. The summed E-state index contributed by atoms with van der Waals surface area (Å²) in [5.74, 6) is -2.59. The van der Waals surface area contributed by atoms with Gasteiger partial charge in [0.2, 0.25) is 11.1 Å². The largest absolute Gasteiger partial charge is 1.00 e. The van der Waals surface area contributed by atoms with Gasteiger partial charge in [-0.25, -0.2) is 4.68 Å². The Kier molecular flexibility index (Phi) is 7.92. The van der Waals surface area contributed by atoms with Crippen LogP contribution < -0.4 is 40.0 Å². The maximum Gasteiger partial charge on any atom is 1.00 e. The molecule has 0 spiro atoms. The van der Waals surface area contributed by atoms with Crippen LogP contribution in [0.25, 0.3) is 0 Å². The minimum atomic E-state index is -1.82. The molecule has 0 bridgehead atoms. The van der Waals surface area contributed by atoms with E-state index in [2.05, 4.69) is 20.8 Å². The summed E-state index contributed by atoms with van der Waals surface area (Å²) in [6.07, 6.45) is -1.12. The first-order valence-electron chi connectivity index (χ1n) is 9.51. The summed E-state index contributed by atoms with van der Waals surface area (Å²) < 4.78 is 12.5. The number of aromatic nitrogens is 4. The number of carbonyl (C=O) groups is 3. The van der Waals surface area contributed by atoms with Crippen LogP contribution in [0.1, 0.15) is 5.56 Å². The van der Waals surface area contributed by atoms with E-state index in [9.17, 15) is 19.5 Å². The number of hydrogen-bond acceptors (Lipinski definition) is 10. The van der Waals surface area contributed by atoms with E-state index >= 15 is 0 Å². The molecule has 33 heavy (non-hydrogen) atoms. The predicted molar refractivity (Wildman–Crippen MR) is 106 cm³/mol. The minimum Gasteiger partial charge on any atom is -0.543 e. The first kappa shape index (κ1) is 25.3. The number of methoxy groups -OCH3 is 1. The van der Waals surface area contributed by atoms with E-state index < -0.39 is 29.7 Å². The fourth-order valence-electron chi connectivity index (χ4n) is 3.57. The van der Waals surface area contributed by atoms with Crippen LogP contribution in [0.15, 0.2) is 46.8 Å². The molecule has 0 radical (unpaired) electrons. The molecule has 2 amide bonds. The van der Waals surface area contributed by atoms with Crippen molar-refractivity contribution in [1.29, 1.82) is 0 Å². The van der Waals surface area contributed by atoms with Gasteiger partial charge in [0.15, 0.2) is 6.23 Å². The van der Waals surface area contributed by atoms with Crippen molar-refractivity contribution in [3.63, 3.8) is 0 Å². The van der Waals surface area contributed by atoms with Gasteiger partial charge in [-0.15, -0.1) is 5.10 Å². The fraction of sp³-hybridized carbons (Fsp3) is 0.368. The number of nitrogens with one attached hydrogen (secondary N) is 1. The Balaban J connectivity index is 0.00000306. The Morgan fingerprint density at radius 3 is 2.70 bits per heavy atom. The van der Waals surface area contributed by atoms with Crippen molar-refractivity contribution in [2.45, 2.75) is 23.5 Å². The number of ether oxygens (including phenoxy) is 2. The van der Waals surface area contributed by atoms with Crippen molar-refractivity contribution in [2.24, 2.45) is 7.05 Å². The van der Waals surface area contributed by atoms with Crippen molar-refractivity contribution in [3.05, 3.63) is 47.2 Å². The molecule has 12 nitrogen and oxygen atoms in total. The molecule has 0 unspecified atom stereocenters. The van der Waals surface area contributed by atoms with Gasteiger partial charge in [-0.05, 0) is 21.6 Å². The van der Waals surface area contributed by atoms with E-state index in [1.807, 2.05) is 6.07 Å². The molecule has 2 aliphatic rings. The molecule has 4 rings (SSSR count). The van der Waals surface area contributed by atoms with E-state index in [4.69, 9.17) is 9.47 Å². The number of carboxylic acid groups (broad SMARTS) is 1. The Morgan fingerprint density at radius 1 is 1.36 bits per heavy atom. The van der Waals surface area contributed by atoms with Crippen LogP contribution in [-0.2, 0) is 37.3 Å². The maximum absolute atomic E-state index is 13.0. The fourth-order valence-corrected chi connectivity index (χ4v) is 4.41. The Morgan fingerprint density at radius 2 is 2.09 bits per heavy atom. The van der Waals surface area contributed by atoms with Crippen LogP contribution >= 0.6 is 11.8 Å². The molecule has 2 atom stereocenters. The van der Waals surface area contributed by atoms with Crippen LogP contribution in [-0.4, -0.2) is 74.3 Å². The number of nitrogens with zero attached hydrogens (tertiary/aromatic N) is 5. The molecule has 0 aliphatic carbocycles. The van der Waals surface area contributed by atoms with Crippen LogP contribution in [0, 0.1) is 0 Å². The van der Waals surface area contributed by atoms with Crippen LogP contribution in [0.2, 0.25) is 0 Å². The average Bonchev–Trinajstić information content (AvgIpc) is 3.20. The number of benzene rings is 1. The zero-order chi connectivity index (χ0) is 22.9. The summed E-state index contributed by atoms with van der Waals surface area (Å²) in [5.41, 5.74) is -1.06. The number of carboxylic acids is 1. The molecule has 1 aromatic carbocycles. The summed E-state index contributed by atoms with van der Waals surface area (Å²) in [7, 11) is 2.89. The average molecular weight is 482 g/mol. The van der Waals surface area contributed by atoms with Gasteiger partial charge in [-0.3, -0.25) is 14.5 Å². The number of aliphatic carboxylic acids is 1. The van der Waals surface area contributed by atoms with Gasteiger partial charge in [0.25, 0.3) is 11.6 Å². The Bertz CT molecular complexity index is 1100. The number of tetrazole rings is 1. The minimum absolute atomic E-state index is 0.